The SMILES string of the molecule is COC(O)c1ccccc1Nc1ccc(C(F)(F)F)cc1Nc1ccc(C[NH+](CC2CC2)CC2CC2)cc1C(=O)O. The number of rotatable bonds is 13. The van der Waals surface area contributed by atoms with E-state index in [0.717, 1.165) is 42.6 Å². The summed E-state index contributed by atoms with van der Waals surface area (Å²) in [5.74, 6) is 0.312. The van der Waals surface area contributed by atoms with Crippen molar-refractivity contribution in [1.29, 1.82) is 0 Å². The van der Waals surface area contributed by atoms with E-state index in [1.54, 1.807) is 36.4 Å². The summed E-state index contributed by atoms with van der Waals surface area (Å²) in [5.41, 5.74) is 1.27. The Labute approximate surface area is 236 Å². The lowest BCUT2D eigenvalue weighted by atomic mass is 10.1. The average Bonchev–Trinajstić information content (AvgIpc) is 3.87. The van der Waals surface area contributed by atoms with E-state index in [4.69, 9.17) is 4.74 Å². The van der Waals surface area contributed by atoms with Crippen molar-refractivity contribution in [3.63, 3.8) is 0 Å². The van der Waals surface area contributed by atoms with Gasteiger partial charge in [-0.3, -0.25) is 0 Å². The topological polar surface area (TPSA) is 95.3 Å². The maximum Gasteiger partial charge on any atom is 0.416 e. The molecule has 2 saturated carbocycles. The Balaban J connectivity index is 1.45. The van der Waals surface area contributed by atoms with E-state index in [-0.39, 0.29) is 22.6 Å². The molecule has 0 aromatic heterocycles. The van der Waals surface area contributed by atoms with Gasteiger partial charge in [-0.1, -0.05) is 24.3 Å². The van der Waals surface area contributed by atoms with Crippen LogP contribution in [0.15, 0.2) is 60.7 Å². The molecule has 0 bridgehead atoms. The number of hydrogen-bond acceptors (Lipinski definition) is 5. The Morgan fingerprint density at radius 3 is 2.17 bits per heavy atom. The van der Waals surface area contributed by atoms with E-state index in [1.807, 2.05) is 6.07 Å². The van der Waals surface area contributed by atoms with Crippen molar-refractivity contribution in [2.24, 2.45) is 11.8 Å². The highest BCUT2D eigenvalue weighted by Gasteiger charge is 2.33. The molecule has 2 aliphatic carbocycles. The van der Waals surface area contributed by atoms with Gasteiger partial charge >= 0.3 is 12.1 Å². The summed E-state index contributed by atoms with van der Waals surface area (Å²) in [4.78, 5) is 13.7. The van der Waals surface area contributed by atoms with Gasteiger partial charge in [-0.25, -0.2) is 4.79 Å². The Kier molecular flexibility index (Phi) is 8.53. The quantitative estimate of drug-likeness (QED) is 0.169. The number of aliphatic hydroxyl groups is 1. The molecule has 0 radical (unpaired) electrons. The number of hydrogen-bond donors (Lipinski definition) is 5. The minimum Gasteiger partial charge on any atom is -0.478 e. The number of halogens is 3. The number of alkyl halides is 3. The van der Waals surface area contributed by atoms with Gasteiger partial charge in [-0.05, 0) is 62.1 Å². The number of nitrogens with one attached hydrogen (secondary N) is 3. The third-order valence-corrected chi connectivity index (χ3v) is 7.65. The standard InChI is InChI=1S/C31H34F3N3O4/c1-41-30(40)23-4-2-3-5-25(23)35-27-13-11-22(31(32,33)34)15-28(27)36-26-12-10-21(14-24(26)29(38)39)18-37(16-19-6-7-19)17-20-8-9-20/h2-5,10-15,19-20,30,35-36,40H,6-9,16-18H2,1H3,(H,38,39)/p+1. The number of methoxy groups -OCH3 is 1. The van der Waals surface area contributed by atoms with Crippen LogP contribution >= 0.6 is 0 Å². The van der Waals surface area contributed by atoms with Gasteiger partial charge in [0.15, 0.2) is 6.29 Å². The number of carboxylic acid groups (broad SMARTS) is 1. The Hall–Kier alpha value is -3.60. The number of carboxylic acids is 1. The third kappa shape index (κ3) is 7.58. The Bertz CT molecular complexity index is 1380. The maximum atomic E-state index is 13.7. The number of carbonyl (C=O) groups is 1. The van der Waals surface area contributed by atoms with E-state index in [1.165, 1.54) is 43.8 Å². The van der Waals surface area contributed by atoms with E-state index in [2.05, 4.69) is 10.6 Å². The molecule has 0 saturated heterocycles. The molecule has 7 nitrogen and oxygen atoms in total. The molecule has 1 unspecified atom stereocenters. The number of benzene rings is 3. The molecule has 5 rings (SSSR count). The molecule has 10 heteroatoms. The van der Waals surface area contributed by atoms with Gasteiger partial charge in [0.2, 0.25) is 0 Å². The van der Waals surface area contributed by atoms with Gasteiger partial charge in [0.25, 0.3) is 0 Å². The largest absolute Gasteiger partial charge is 0.478 e. The molecule has 0 aliphatic heterocycles. The first-order chi connectivity index (χ1) is 19.6. The number of quaternary nitrogens is 1. The number of para-hydroxylation sites is 1. The predicted octanol–water partition coefficient (Wildman–Crippen LogP) is 5.73. The van der Waals surface area contributed by atoms with Crippen LogP contribution in [0, 0.1) is 11.8 Å². The summed E-state index contributed by atoms with van der Waals surface area (Å²) in [6, 6.07) is 15.0. The summed E-state index contributed by atoms with van der Waals surface area (Å²) < 4.78 is 46.0. The molecule has 0 spiro atoms. The summed E-state index contributed by atoms with van der Waals surface area (Å²) in [6.45, 7) is 2.87. The Morgan fingerprint density at radius 2 is 1.56 bits per heavy atom. The first-order valence-electron chi connectivity index (χ1n) is 13.9. The number of anilines is 4. The molecule has 1 atom stereocenters. The van der Waals surface area contributed by atoms with Crippen LogP contribution in [0.1, 0.15) is 59.0 Å². The molecule has 218 valence electrons. The van der Waals surface area contributed by atoms with Crippen LogP contribution in [0.25, 0.3) is 0 Å². The van der Waals surface area contributed by atoms with Crippen LogP contribution in [0.5, 0.6) is 0 Å². The number of aliphatic hydroxyl groups excluding tert-OH is 1. The van der Waals surface area contributed by atoms with Crippen molar-refractivity contribution in [3.05, 3.63) is 82.9 Å². The average molecular weight is 571 g/mol. The minimum atomic E-state index is -4.60. The molecule has 3 aromatic rings. The normalized spacial score (nSPS) is 16.0. The molecular weight excluding hydrogens is 535 g/mol. The second-order valence-corrected chi connectivity index (χ2v) is 11.1. The highest BCUT2D eigenvalue weighted by atomic mass is 19.4. The number of ether oxygens (including phenoxy) is 1. The predicted molar refractivity (Wildman–Crippen MR) is 150 cm³/mol. The lowest BCUT2D eigenvalue weighted by Crippen LogP contribution is -3.11. The summed E-state index contributed by atoms with van der Waals surface area (Å²) in [5, 5.41) is 26.3. The van der Waals surface area contributed by atoms with Crippen molar-refractivity contribution in [1.82, 2.24) is 0 Å². The van der Waals surface area contributed by atoms with Crippen molar-refractivity contribution < 1.29 is 37.8 Å². The zero-order valence-electron chi connectivity index (χ0n) is 22.8. The molecule has 2 fully saturated rings. The van der Waals surface area contributed by atoms with Gasteiger partial charge in [-0.2, -0.15) is 13.2 Å². The lowest BCUT2D eigenvalue weighted by Gasteiger charge is -2.21. The molecule has 0 amide bonds. The zero-order valence-corrected chi connectivity index (χ0v) is 22.8. The van der Waals surface area contributed by atoms with Crippen molar-refractivity contribution in [2.45, 2.75) is 44.7 Å². The zero-order chi connectivity index (χ0) is 29.1. The van der Waals surface area contributed by atoms with Crippen molar-refractivity contribution >= 4 is 28.7 Å². The first kappa shape index (κ1) is 28.9. The number of aromatic carboxylic acids is 1. The second kappa shape index (κ2) is 12.1. The van der Waals surface area contributed by atoms with Crippen LogP contribution < -0.4 is 15.5 Å². The lowest BCUT2D eigenvalue weighted by molar-refractivity contribution is -0.917. The fourth-order valence-electron chi connectivity index (χ4n) is 5.14. The monoisotopic (exact) mass is 570 g/mol. The van der Waals surface area contributed by atoms with Crippen LogP contribution in [0.3, 0.4) is 0 Å². The Morgan fingerprint density at radius 1 is 0.927 bits per heavy atom. The summed E-state index contributed by atoms with van der Waals surface area (Å²) in [7, 11) is 1.34. The van der Waals surface area contributed by atoms with E-state index < -0.39 is 24.0 Å². The fraction of sp³-hybridized carbons (Fsp3) is 0.387. The van der Waals surface area contributed by atoms with Gasteiger partial charge in [-0.15, -0.1) is 0 Å². The van der Waals surface area contributed by atoms with Crippen LogP contribution in [0.2, 0.25) is 0 Å². The van der Waals surface area contributed by atoms with Gasteiger partial charge < -0.3 is 30.5 Å². The van der Waals surface area contributed by atoms with E-state index >= 15 is 0 Å². The molecule has 2 aliphatic rings. The molecule has 41 heavy (non-hydrogen) atoms. The van der Waals surface area contributed by atoms with Gasteiger partial charge in [0.05, 0.1) is 41.3 Å². The highest BCUT2D eigenvalue weighted by Crippen LogP contribution is 2.38. The molecular formula is C31H35F3N3O4+. The van der Waals surface area contributed by atoms with Crippen molar-refractivity contribution in [3.8, 4) is 0 Å². The highest BCUT2D eigenvalue weighted by molar-refractivity contribution is 5.96. The van der Waals surface area contributed by atoms with Crippen LogP contribution in [0.4, 0.5) is 35.9 Å². The smallest absolute Gasteiger partial charge is 0.416 e. The molecule has 0 heterocycles. The van der Waals surface area contributed by atoms with Gasteiger partial charge in [0.1, 0.15) is 6.54 Å². The minimum absolute atomic E-state index is 0.0155. The van der Waals surface area contributed by atoms with Gasteiger partial charge in [0, 0.05) is 35.8 Å². The van der Waals surface area contributed by atoms with Crippen LogP contribution in [-0.4, -0.2) is 36.4 Å². The maximum absolute atomic E-state index is 13.7. The first-order valence-corrected chi connectivity index (χ1v) is 13.9. The van der Waals surface area contributed by atoms with E-state index in [0.29, 0.717) is 17.8 Å². The molecule has 5 N–H and O–H groups in total. The second-order valence-electron chi connectivity index (χ2n) is 11.1. The third-order valence-electron chi connectivity index (χ3n) is 7.65. The summed E-state index contributed by atoms with van der Waals surface area (Å²) in [6.07, 6.45) is -0.857. The molecule has 3 aromatic carbocycles. The van der Waals surface area contributed by atoms with Crippen molar-refractivity contribution in [2.75, 3.05) is 30.8 Å². The summed E-state index contributed by atoms with van der Waals surface area (Å²) >= 11 is 0. The fourth-order valence-corrected chi connectivity index (χ4v) is 5.14. The van der Waals surface area contributed by atoms with E-state index in [9.17, 15) is 28.2 Å². The van der Waals surface area contributed by atoms with Crippen LogP contribution in [-0.2, 0) is 17.5 Å².